The van der Waals surface area contributed by atoms with E-state index in [2.05, 4.69) is 0 Å². The van der Waals surface area contributed by atoms with E-state index in [1.807, 2.05) is 31.2 Å². The van der Waals surface area contributed by atoms with Crippen LogP contribution in [0.5, 0.6) is 0 Å². The zero-order chi connectivity index (χ0) is 17.1. The molecular formula is C19H17NO4. The number of carbonyl (C=O) groups is 3. The molecule has 2 aromatic carbocycles. The number of anilines is 1. The summed E-state index contributed by atoms with van der Waals surface area (Å²) in [6.07, 6.45) is 0.418. The van der Waals surface area contributed by atoms with Crippen LogP contribution < -0.4 is 4.90 Å². The second kappa shape index (κ2) is 6.66. The fourth-order valence-corrected chi connectivity index (χ4v) is 2.67. The van der Waals surface area contributed by atoms with Gasteiger partial charge in [0.1, 0.15) is 6.61 Å². The lowest BCUT2D eigenvalue weighted by Crippen LogP contribution is -2.28. The van der Waals surface area contributed by atoms with Crippen molar-refractivity contribution in [1.29, 1.82) is 0 Å². The Morgan fingerprint density at radius 3 is 2.46 bits per heavy atom. The first-order valence-electron chi connectivity index (χ1n) is 7.73. The largest absolute Gasteiger partial charge is 0.457 e. The van der Waals surface area contributed by atoms with Crippen LogP contribution in [0.1, 0.15) is 34.3 Å². The molecule has 24 heavy (non-hydrogen) atoms. The second-order valence-electron chi connectivity index (χ2n) is 5.74. The number of ether oxygens (including phenoxy) is 1. The van der Waals surface area contributed by atoms with Gasteiger partial charge in [-0.3, -0.25) is 14.5 Å². The highest BCUT2D eigenvalue weighted by molar-refractivity contribution is 6.20. The van der Waals surface area contributed by atoms with Gasteiger partial charge in [0, 0.05) is 12.8 Å². The van der Waals surface area contributed by atoms with Crippen LogP contribution in [0.3, 0.4) is 0 Å². The van der Waals surface area contributed by atoms with Crippen molar-refractivity contribution in [1.82, 2.24) is 0 Å². The fraction of sp³-hybridized carbons (Fsp3) is 0.211. The van der Waals surface area contributed by atoms with E-state index in [1.54, 1.807) is 18.2 Å². The molecule has 1 fully saturated rings. The number of rotatable bonds is 4. The minimum absolute atomic E-state index is 0.173. The Labute approximate surface area is 139 Å². The van der Waals surface area contributed by atoms with Gasteiger partial charge in [0.2, 0.25) is 11.8 Å². The highest BCUT2D eigenvalue weighted by atomic mass is 16.5. The molecule has 1 aliphatic rings. The van der Waals surface area contributed by atoms with Crippen molar-refractivity contribution >= 4 is 23.5 Å². The van der Waals surface area contributed by atoms with Crippen molar-refractivity contribution < 1.29 is 19.1 Å². The van der Waals surface area contributed by atoms with Crippen LogP contribution >= 0.6 is 0 Å². The molecule has 0 saturated carbocycles. The zero-order valence-corrected chi connectivity index (χ0v) is 13.3. The van der Waals surface area contributed by atoms with Crippen LogP contribution in [0.2, 0.25) is 0 Å². The zero-order valence-electron chi connectivity index (χ0n) is 13.3. The van der Waals surface area contributed by atoms with E-state index in [9.17, 15) is 14.4 Å². The van der Waals surface area contributed by atoms with Crippen molar-refractivity contribution in [3.8, 4) is 0 Å². The first-order valence-corrected chi connectivity index (χ1v) is 7.73. The molecule has 2 amide bonds. The number of nitrogens with zero attached hydrogens (tertiary/aromatic N) is 1. The monoisotopic (exact) mass is 323 g/mol. The maximum absolute atomic E-state index is 12.2. The summed E-state index contributed by atoms with van der Waals surface area (Å²) in [5.74, 6) is -0.979. The van der Waals surface area contributed by atoms with Gasteiger partial charge in [0.15, 0.2) is 0 Å². The number of hydrogen-bond donors (Lipinski definition) is 0. The minimum atomic E-state index is -0.488. The van der Waals surface area contributed by atoms with Crippen molar-refractivity contribution in [2.45, 2.75) is 26.4 Å². The molecule has 0 bridgehead atoms. The molecule has 5 heteroatoms. The van der Waals surface area contributed by atoms with Crippen molar-refractivity contribution in [2.75, 3.05) is 4.90 Å². The van der Waals surface area contributed by atoms with E-state index in [1.165, 1.54) is 6.07 Å². The van der Waals surface area contributed by atoms with E-state index >= 15 is 0 Å². The Balaban J connectivity index is 1.72. The fourth-order valence-electron chi connectivity index (χ4n) is 2.67. The lowest BCUT2D eigenvalue weighted by Gasteiger charge is -2.14. The van der Waals surface area contributed by atoms with Gasteiger partial charge >= 0.3 is 5.97 Å². The minimum Gasteiger partial charge on any atom is -0.457 e. The highest BCUT2D eigenvalue weighted by Gasteiger charge is 2.30. The Morgan fingerprint density at radius 2 is 1.75 bits per heavy atom. The van der Waals surface area contributed by atoms with Gasteiger partial charge < -0.3 is 4.74 Å². The molecule has 5 nitrogen and oxygen atoms in total. The summed E-state index contributed by atoms with van der Waals surface area (Å²) in [5, 5.41) is 0. The van der Waals surface area contributed by atoms with Gasteiger partial charge in [0.05, 0.1) is 11.3 Å². The predicted molar refractivity (Wildman–Crippen MR) is 88.5 cm³/mol. The molecule has 0 aromatic heterocycles. The molecule has 0 unspecified atom stereocenters. The molecule has 0 spiro atoms. The molecule has 0 aliphatic carbocycles. The molecular weight excluding hydrogens is 306 g/mol. The number of imide groups is 1. The Hall–Kier alpha value is -2.95. The highest BCUT2D eigenvalue weighted by Crippen LogP contribution is 2.23. The third-order valence-corrected chi connectivity index (χ3v) is 3.84. The maximum atomic E-state index is 12.2. The van der Waals surface area contributed by atoms with Crippen molar-refractivity contribution in [3.05, 3.63) is 65.2 Å². The maximum Gasteiger partial charge on any atom is 0.338 e. The molecule has 2 aromatic rings. The molecule has 0 radical (unpaired) electrons. The van der Waals surface area contributed by atoms with Gasteiger partial charge in [-0.2, -0.15) is 0 Å². The first kappa shape index (κ1) is 15.9. The average molecular weight is 323 g/mol. The van der Waals surface area contributed by atoms with Crippen LogP contribution in [0, 0.1) is 6.92 Å². The molecule has 3 rings (SSSR count). The Kier molecular flexibility index (Phi) is 4.42. The number of hydrogen-bond acceptors (Lipinski definition) is 4. The summed E-state index contributed by atoms with van der Waals surface area (Å²) in [5.41, 5.74) is 2.72. The number of aryl methyl sites for hydroxylation is 1. The SMILES string of the molecule is Cc1cccc(COC(=O)c2cccc(N3C(=O)CCC3=O)c2)c1. The standard InChI is InChI=1S/C19H17NO4/c1-13-4-2-5-14(10-13)12-24-19(23)15-6-3-7-16(11-15)20-17(21)8-9-18(20)22/h2-7,10-11H,8-9,12H2,1H3. The normalized spacial score (nSPS) is 14.1. The predicted octanol–water partition coefficient (Wildman–Crippen LogP) is 3.01. The van der Waals surface area contributed by atoms with Gasteiger partial charge in [0.25, 0.3) is 0 Å². The van der Waals surface area contributed by atoms with Crippen LogP contribution in [0.4, 0.5) is 5.69 Å². The number of benzene rings is 2. The van der Waals surface area contributed by atoms with Gasteiger partial charge in [-0.25, -0.2) is 4.79 Å². The van der Waals surface area contributed by atoms with E-state index in [4.69, 9.17) is 4.74 Å². The number of carbonyl (C=O) groups excluding carboxylic acids is 3. The molecule has 0 N–H and O–H groups in total. The molecule has 122 valence electrons. The van der Waals surface area contributed by atoms with Crippen LogP contribution in [-0.4, -0.2) is 17.8 Å². The van der Waals surface area contributed by atoms with Gasteiger partial charge in [-0.05, 0) is 30.7 Å². The van der Waals surface area contributed by atoms with Gasteiger partial charge in [-0.1, -0.05) is 35.9 Å². The van der Waals surface area contributed by atoms with Crippen molar-refractivity contribution in [3.63, 3.8) is 0 Å². The number of esters is 1. The van der Waals surface area contributed by atoms with Crippen LogP contribution in [-0.2, 0) is 20.9 Å². The van der Waals surface area contributed by atoms with E-state index in [0.29, 0.717) is 11.3 Å². The van der Waals surface area contributed by atoms with E-state index < -0.39 is 5.97 Å². The Morgan fingerprint density at radius 1 is 1.04 bits per heavy atom. The van der Waals surface area contributed by atoms with Gasteiger partial charge in [-0.15, -0.1) is 0 Å². The van der Waals surface area contributed by atoms with E-state index in [-0.39, 0.29) is 31.3 Å². The summed E-state index contributed by atoms with van der Waals surface area (Å²) in [4.78, 5) is 36.9. The summed E-state index contributed by atoms with van der Waals surface area (Å²) < 4.78 is 5.31. The third kappa shape index (κ3) is 3.35. The average Bonchev–Trinajstić information content (AvgIpc) is 2.91. The van der Waals surface area contributed by atoms with Crippen LogP contribution in [0.15, 0.2) is 48.5 Å². The topological polar surface area (TPSA) is 63.7 Å². The third-order valence-electron chi connectivity index (χ3n) is 3.84. The lowest BCUT2D eigenvalue weighted by molar-refractivity contribution is -0.121. The van der Waals surface area contributed by atoms with Crippen molar-refractivity contribution in [2.24, 2.45) is 0 Å². The molecule has 1 heterocycles. The summed E-state index contributed by atoms with van der Waals surface area (Å²) >= 11 is 0. The molecule has 1 saturated heterocycles. The molecule has 1 aliphatic heterocycles. The Bertz CT molecular complexity index is 797. The first-order chi connectivity index (χ1) is 11.5. The van der Waals surface area contributed by atoms with E-state index in [0.717, 1.165) is 16.0 Å². The lowest BCUT2D eigenvalue weighted by atomic mass is 10.1. The summed E-state index contributed by atoms with van der Waals surface area (Å²) in [6.45, 7) is 2.14. The number of amides is 2. The second-order valence-corrected chi connectivity index (χ2v) is 5.74. The molecule has 0 atom stereocenters. The summed E-state index contributed by atoms with van der Waals surface area (Å²) in [7, 11) is 0. The van der Waals surface area contributed by atoms with Crippen LogP contribution in [0.25, 0.3) is 0 Å². The quantitative estimate of drug-likeness (QED) is 0.641. The smallest absolute Gasteiger partial charge is 0.338 e. The summed E-state index contributed by atoms with van der Waals surface area (Å²) in [6, 6.07) is 14.1.